The minimum atomic E-state index is -0.105. The van der Waals surface area contributed by atoms with Gasteiger partial charge in [0.15, 0.2) is 0 Å². The van der Waals surface area contributed by atoms with Crippen molar-refractivity contribution in [2.24, 2.45) is 5.92 Å². The minimum Gasteiger partial charge on any atom is -0.355 e. The molecular formula is C25H32N4O2. The average Bonchev–Trinajstić information content (AvgIpc) is 3.06. The van der Waals surface area contributed by atoms with Gasteiger partial charge in [0.1, 0.15) is 11.5 Å². The second-order valence-electron chi connectivity index (χ2n) is 8.78. The van der Waals surface area contributed by atoms with E-state index >= 15 is 0 Å². The van der Waals surface area contributed by atoms with Gasteiger partial charge in [-0.25, -0.2) is 4.98 Å². The quantitative estimate of drug-likeness (QED) is 0.684. The van der Waals surface area contributed by atoms with E-state index in [9.17, 15) is 9.59 Å². The largest absolute Gasteiger partial charge is 0.355 e. The van der Waals surface area contributed by atoms with Crippen LogP contribution in [0, 0.1) is 12.8 Å². The number of anilines is 1. The van der Waals surface area contributed by atoms with Crippen LogP contribution in [0.15, 0.2) is 36.5 Å². The molecule has 0 unspecified atom stereocenters. The number of hydrogen-bond acceptors (Lipinski definition) is 5. The zero-order valence-electron chi connectivity index (χ0n) is 18.4. The summed E-state index contributed by atoms with van der Waals surface area (Å²) in [7, 11) is 0. The molecule has 1 aliphatic heterocycles. The van der Waals surface area contributed by atoms with E-state index in [0.717, 1.165) is 31.9 Å². The highest BCUT2D eigenvalue weighted by Crippen LogP contribution is 2.27. The number of amides is 1. The summed E-state index contributed by atoms with van der Waals surface area (Å²) in [6.07, 6.45) is 9.56. The van der Waals surface area contributed by atoms with Crippen LogP contribution in [0.5, 0.6) is 0 Å². The summed E-state index contributed by atoms with van der Waals surface area (Å²) >= 11 is 0. The molecule has 31 heavy (non-hydrogen) atoms. The normalized spacial score (nSPS) is 18.0. The third-order valence-corrected chi connectivity index (χ3v) is 6.58. The molecule has 164 valence electrons. The molecule has 0 N–H and O–H groups in total. The third kappa shape index (κ3) is 5.30. The van der Waals surface area contributed by atoms with Crippen LogP contribution in [0.3, 0.4) is 0 Å². The molecule has 2 fully saturated rings. The fourth-order valence-corrected chi connectivity index (χ4v) is 4.75. The molecule has 1 amide bonds. The summed E-state index contributed by atoms with van der Waals surface area (Å²) in [6.45, 7) is 4.93. The highest BCUT2D eigenvalue weighted by atomic mass is 16.2. The molecule has 1 aliphatic carbocycles. The Morgan fingerprint density at radius 1 is 0.968 bits per heavy atom. The first kappa shape index (κ1) is 21.5. The van der Waals surface area contributed by atoms with E-state index in [-0.39, 0.29) is 5.78 Å². The van der Waals surface area contributed by atoms with Crippen molar-refractivity contribution in [2.45, 2.75) is 51.9 Å². The van der Waals surface area contributed by atoms with E-state index in [4.69, 9.17) is 0 Å². The Labute approximate surface area is 184 Å². The number of nitrogens with zero attached hydrogens (tertiary/aromatic N) is 4. The van der Waals surface area contributed by atoms with Crippen LogP contribution in [-0.4, -0.2) is 52.7 Å². The summed E-state index contributed by atoms with van der Waals surface area (Å²) in [6, 6.07) is 9.17. The second-order valence-corrected chi connectivity index (χ2v) is 8.78. The maximum Gasteiger partial charge on any atom is 0.222 e. The van der Waals surface area contributed by atoms with E-state index in [2.05, 4.69) is 14.9 Å². The van der Waals surface area contributed by atoms with Crippen molar-refractivity contribution in [3.63, 3.8) is 0 Å². The molecule has 0 radical (unpaired) electrons. The van der Waals surface area contributed by atoms with E-state index < -0.39 is 0 Å². The van der Waals surface area contributed by atoms with Crippen molar-refractivity contribution in [1.82, 2.24) is 14.9 Å². The lowest BCUT2D eigenvalue weighted by Gasteiger charge is -2.26. The Bertz CT molecular complexity index is 923. The van der Waals surface area contributed by atoms with Crippen molar-refractivity contribution in [1.29, 1.82) is 0 Å². The molecule has 3 heterocycles. The fraction of sp³-hybridized carbons (Fsp3) is 0.520. The van der Waals surface area contributed by atoms with Crippen LogP contribution < -0.4 is 4.90 Å². The Hall–Kier alpha value is -2.76. The molecule has 1 saturated heterocycles. The SMILES string of the molecule is Cc1ncccc1C(=O)c1cccc(N2CCCN(C(=O)CC3CCCCC3)CC2)n1. The van der Waals surface area contributed by atoms with Gasteiger partial charge >= 0.3 is 0 Å². The van der Waals surface area contributed by atoms with Crippen molar-refractivity contribution in [2.75, 3.05) is 31.1 Å². The van der Waals surface area contributed by atoms with Gasteiger partial charge in [0, 0.05) is 50.1 Å². The first-order valence-electron chi connectivity index (χ1n) is 11.6. The van der Waals surface area contributed by atoms with Crippen molar-refractivity contribution in [3.8, 4) is 0 Å². The van der Waals surface area contributed by atoms with Gasteiger partial charge in [-0.1, -0.05) is 25.3 Å². The number of carbonyl (C=O) groups excluding carboxylic acids is 2. The molecule has 6 nitrogen and oxygen atoms in total. The number of aryl methyl sites for hydroxylation is 1. The van der Waals surface area contributed by atoms with Gasteiger partial charge < -0.3 is 9.80 Å². The molecule has 2 aliphatic rings. The molecular weight excluding hydrogens is 388 g/mol. The predicted octanol–water partition coefficient (Wildman–Crippen LogP) is 4.03. The number of pyridine rings is 2. The highest BCUT2D eigenvalue weighted by Gasteiger charge is 2.24. The van der Waals surface area contributed by atoms with Gasteiger partial charge in [-0.15, -0.1) is 0 Å². The highest BCUT2D eigenvalue weighted by molar-refractivity contribution is 6.08. The molecule has 2 aromatic heterocycles. The van der Waals surface area contributed by atoms with Crippen LogP contribution >= 0.6 is 0 Å². The Balaban J connectivity index is 1.40. The van der Waals surface area contributed by atoms with Crippen LogP contribution in [0.2, 0.25) is 0 Å². The zero-order chi connectivity index (χ0) is 21.6. The summed E-state index contributed by atoms with van der Waals surface area (Å²) in [5, 5.41) is 0. The number of carbonyl (C=O) groups is 2. The molecule has 1 saturated carbocycles. The summed E-state index contributed by atoms with van der Waals surface area (Å²) in [5.41, 5.74) is 1.73. The number of ketones is 1. The van der Waals surface area contributed by atoms with Crippen LogP contribution in [0.25, 0.3) is 0 Å². The second kappa shape index (κ2) is 10.0. The Morgan fingerprint density at radius 3 is 2.61 bits per heavy atom. The lowest BCUT2D eigenvalue weighted by Crippen LogP contribution is -2.36. The topological polar surface area (TPSA) is 66.4 Å². The van der Waals surface area contributed by atoms with Crippen LogP contribution in [0.1, 0.15) is 66.7 Å². The summed E-state index contributed by atoms with van der Waals surface area (Å²) in [5.74, 6) is 1.57. The zero-order valence-corrected chi connectivity index (χ0v) is 18.4. The molecule has 0 atom stereocenters. The van der Waals surface area contributed by atoms with Gasteiger partial charge in [-0.3, -0.25) is 14.6 Å². The smallest absolute Gasteiger partial charge is 0.222 e. The van der Waals surface area contributed by atoms with E-state index in [1.165, 1.54) is 32.1 Å². The number of aromatic nitrogens is 2. The van der Waals surface area contributed by atoms with Gasteiger partial charge in [-0.05, 0) is 56.4 Å². The van der Waals surface area contributed by atoms with E-state index in [1.54, 1.807) is 24.4 Å². The molecule has 6 heteroatoms. The minimum absolute atomic E-state index is 0.105. The maximum atomic E-state index is 12.9. The first-order chi connectivity index (χ1) is 15.1. The average molecular weight is 421 g/mol. The first-order valence-corrected chi connectivity index (χ1v) is 11.6. The fourth-order valence-electron chi connectivity index (χ4n) is 4.75. The number of rotatable bonds is 5. The summed E-state index contributed by atoms with van der Waals surface area (Å²) in [4.78, 5) is 38.9. The molecule has 2 aromatic rings. The maximum absolute atomic E-state index is 12.9. The number of hydrogen-bond donors (Lipinski definition) is 0. The van der Waals surface area contributed by atoms with E-state index in [1.807, 2.05) is 24.0 Å². The predicted molar refractivity (Wildman–Crippen MR) is 121 cm³/mol. The van der Waals surface area contributed by atoms with Crippen molar-refractivity contribution < 1.29 is 9.59 Å². The van der Waals surface area contributed by atoms with Gasteiger partial charge in [0.25, 0.3) is 0 Å². The van der Waals surface area contributed by atoms with Crippen LogP contribution in [-0.2, 0) is 4.79 Å². The molecule has 0 bridgehead atoms. The molecule has 0 spiro atoms. The molecule has 4 rings (SSSR count). The summed E-state index contributed by atoms with van der Waals surface area (Å²) < 4.78 is 0. The third-order valence-electron chi connectivity index (χ3n) is 6.58. The van der Waals surface area contributed by atoms with Gasteiger partial charge in [0.05, 0.1) is 0 Å². The van der Waals surface area contributed by atoms with Crippen molar-refractivity contribution in [3.05, 3.63) is 53.5 Å². The lowest BCUT2D eigenvalue weighted by molar-refractivity contribution is -0.132. The molecule has 0 aromatic carbocycles. The Morgan fingerprint density at radius 2 is 1.81 bits per heavy atom. The Kier molecular flexibility index (Phi) is 6.95. The van der Waals surface area contributed by atoms with E-state index in [0.29, 0.717) is 41.7 Å². The van der Waals surface area contributed by atoms with Crippen molar-refractivity contribution >= 4 is 17.5 Å². The van der Waals surface area contributed by atoms with Gasteiger partial charge in [0.2, 0.25) is 11.7 Å². The lowest BCUT2D eigenvalue weighted by atomic mass is 9.86. The van der Waals surface area contributed by atoms with Crippen LogP contribution in [0.4, 0.5) is 5.82 Å². The van der Waals surface area contributed by atoms with Gasteiger partial charge in [-0.2, -0.15) is 0 Å². The standard InChI is InChI=1S/C25H32N4O2/c1-19-21(10-6-13-26-19)25(31)22-11-5-12-23(27-22)28-14-7-15-29(17-16-28)24(30)18-20-8-3-2-4-9-20/h5-6,10-13,20H,2-4,7-9,14-18H2,1H3. The monoisotopic (exact) mass is 420 g/mol.